The summed E-state index contributed by atoms with van der Waals surface area (Å²) in [5, 5.41) is 4.31. The third kappa shape index (κ3) is 4.38. The van der Waals surface area contributed by atoms with E-state index >= 15 is 0 Å². The summed E-state index contributed by atoms with van der Waals surface area (Å²) >= 11 is 0. The fourth-order valence-corrected chi connectivity index (χ4v) is 2.77. The number of halogens is 1. The van der Waals surface area contributed by atoms with Crippen molar-refractivity contribution in [1.82, 2.24) is 19.7 Å². The van der Waals surface area contributed by atoms with Gasteiger partial charge < -0.3 is 9.64 Å². The highest BCUT2D eigenvalue weighted by Gasteiger charge is 2.21. The lowest BCUT2D eigenvalue weighted by Crippen LogP contribution is -2.34. The van der Waals surface area contributed by atoms with Crippen LogP contribution in [0.5, 0.6) is 0 Å². The number of carbonyl (C=O) groups excluding carboxylic acids is 1. The van der Waals surface area contributed by atoms with Crippen LogP contribution in [0.3, 0.4) is 0 Å². The molecule has 0 atom stereocenters. The molecule has 2 aromatic heterocycles. The number of pyridine rings is 1. The largest absolute Gasteiger partial charge is 0.383 e. The normalized spacial score (nSPS) is 10.8. The Morgan fingerprint density at radius 3 is 2.67 bits per heavy atom. The van der Waals surface area contributed by atoms with Crippen LogP contribution in [-0.4, -0.2) is 45.8 Å². The predicted octanol–water partition coefficient (Wildman–Crippen LogP) is 3.00. The Hall–Kier alpha value is -3.06. The molecule has 0 aliphatic carbocycles. The van der Waals surface area contributed by atoms with Crippen molar-refractivity contribution >= 4 is 5.91 Å². The quantitative estimate of drug-likeness (QED) is 0.643. The molecule has 0 aliphatic heterocycles. The summed E-state index contributed by atoms with van der Waals surface area (Å²) in [6, 6.07) is 11.6. The van der Waals surface area contributed by atoms with Crippen LogP contribution in [0.15, 0.2) is 54.9 Å². The molecule has 27 heavy (non-hydrogen) atoms. The number of rotatable bonds is 7. The molecule has 7 heteroatoms. The van der Waals surface area contributed by atoms with E-state index in [9.17, 15) is 9.18 Å². The Kier molecular flexibility index (Phi) is 5.93. The highest BCUT2D eigenvalue weighted by Crippen LogP contribution is 2.17. The van der Waals surface area contributed by atoms with E-state index in [-0.39, 0.29) is 11.7 Å². The molecular formula is C20H21FN4O2. The molecule has 0 saturated heterocycles. The lowest BCUT2D eigenvalue weighted by molar-refractivity contribution is 0.0677. The van der Waals surface area contributed by atoms with E-state index in [2.05, 4.69) is 10.1 Å². The third-order valence-electron chi connectivity index (χ3n) is 4.24. The minimum atomic E-state index is -0.319. The zero-order valence-electron chi connectivity index (χ0n) is 15.3. The molecule has 140 valence electrons. The van der Waals surface area contributed by atoms with Gasteiger partial charge in [0.1, 0.15) is 5.82 Å². The molecule has 0 radical (unpaired) electrons. The van der Waals surface area contributed by atoms with Gasteiger partial charge in [-0.15, -0.1) is 0 Å². The number of methoxy groups -OCH3 is 1. The van der Waals surface area contributed by atoms with Gasteiger partial charge in [0, 0.05) is 19.9 Å². The summed E-state index contributed by atoms with van der Waals surface area (Å²) in [6.45, 7) is 3.06. The first-order chi connectivity index (χ1) is 13.1. The summed E-state index contributed by atoms with van der Waals surface area (Å²) in [5.41, 5.74) is 2.67. The molecule has 0 fully saturated rings. The summed E-state index contributed by atoms with van der Waals surface area (Å²) in [5.74, 6) is -0.468. The van der Waals surface area contributed by atoms with E-state index in [4.69, 9.17) is 4.74 Å². The van der Waals surface area contributed by atoms with Gasteiger partial charge in [0.2, 0.25) is 0 Å². The van der Waals surface area contributed by atoms with Gasteiger partial charge >= 0.3 is 0 Å². The molecule has 2 heterocycles. The van der Waals surface area contributed by atoms with Crippen LogP contribution in [0, 0.1) is 12.7 Å². The Bertz CT molecular complexity index is 894. The van der Waals surface area contributed by atoms with Gasteiger partial charge in [-0.3, -0.25) is 9.78 Å². The first-order valence-corrected chi connectivity index (χ1v) is 8.59. The smallest absolute Gasteiger partial charge is 0.257 e. The van der Waals surface area contributed by atoms with Crippen molar-refractivity contribution in [2.45, 2.75) is 13.5 Å². The van der Waals surface area contributed by atoms with Gasteiger partial charge in [-0.2, -0.15) is 5.10 Å². The Labute approximate surface area is 157 Å². The maximum Gasteiger partial charge on any atom is 0.257 e. The van der Waals surface area contributed by atoms with E-state index in [0.29, 0.717) is 36.6 Å². The molecule has 0 saturated carbocycles. The minimum absolute atomic E-state index is 0.149. The molecule has 3 rings (SSSR count). The van der Waals surface area contributed by atoms with Crippen LogP contribution in [0.4, 0.5) is 4.39 Å². The second kappa shape index (κ2) is 8.55. The highest BCUT2D eigenvalue weighted by atomic mass is 19.1. The Morgan fingerprint density at radius 2 is 2.00 bits per heavy atom. The average Bonchev–Trinajstić information content (AvgIpc) is 3.07. The lowest BCUT2D eigenvalue weighted by atomic mass is 10.2. The molecule has 1 aromatic carbocycles. The fourth-order valence-electron chi connectivity index (χ4n) is 2.77. The van der Waals surface area contributed by atoms with Crippen LogP contribution >= 0.6 is 0 Å². The highest BCUT2D eigenvalue weighted by molar-refractivity contribution is 5.95. The van der Waals surface area contributed by atoms with Crippen molar-refractivity contribution in [2.75, 3.05) is 20.3 Å². The molecule has 1 amide bonds. The second-order valence-electron chi connectivity index (χ2n) is 6.07. The standard InChI is InChI=1S/C20H21FN4O2/c1-15-19(13-23-25(15)18-8-6-16(21)7-9-18)20(26)24(11-12-27-2)14-17-5-3-4-10-22-17/h3-10,13H,11-12,14H2,1-2H3. The number of amides is 1. The molecule has 0 spiro atoms. The number of ether oxygens (including phenoxy) is 1. The van der Waals surface area contributed by atoms with Gasteiger partial charge in [-0.25, -0.2) is 9.07 Å². The van der Waals surface area contributed by atoms with Gasteiger partial charge in [0.05, 0.1) is 42.0 Å². The third-order valence-corrected chi connectivity index (χ3v) is 4.24. The van der Waals surface area contributed by atoms with E-state index < -0.39 is 0 Å². The van der Waals surface area contributed by atoms with Crippen molar-refractivity contribution < 1.29 is 13.9 Å². The van der Waals surface area contributed by atoms with E-state index in [1.54, 1.807) is 41.2 Å². The van der Waals surface area contributed by atoms with Crippen LogP contribution in [0.1, 0.15) is 21.7 Å². The number of nitrogens with zero attached hydrogens (tertiary/aromatic N) is 4. The summed E-state index contributed by atoms with van der Waals surface area (Å²) < 4.78 is 19.9. The van der Waals surface area contributed by atoms with Crippen molar-refractivity contribution in [1.29, 1.82) is 0 Å². The van der Waals surface area contributed by atoms with Crippen molar-refractivity contribution in [3.63, 3.8) is 0 Å². The molecule has 0 N–H and O–H groups in total. The number of hydrogen-bond acceptors (Lipinski definition) is 4. The van der Waals surface area contributed by atoms with Gasteiger partial charge in [-0.1, -0.05) is 6.07 Å². The topological polar surface area (TPSA) is 60.2 Å². The number of benzene rings is 1. The molecule has 0 bridgehead atoms. The summed E-state index contributed by atoms with van der Waals surface area (Å²) in [7, 11) is 1.60. The summed E-state index contributed by atoms with van der Waals surface area (Å²) in [4.78, 5) is 19.1. The first-order valence-electron chi connectivity index (χ1n) is 8.59. The maximum absolute atomic E-state index is 13.2. The minimum Gasteiger partial charge on any atom is -0.383 e. The van der Waals surface area contributed by atoms with Gasteiger partial charge in [0.25, 0.3) is 5.91 Å². The van der Waals surface area contributed by atoms with Crippen LogP contribution < -0.4 is 0 Å². The van der Waals surface area contributed by atoms with E-state index in [1.165, 1.54) is 12.1 Å². The predicted molar refractivity (Wildman–Crippen MR) is 99.1 cm³/mol. The zero-order chi connectivity index (χ0) is 19.2. The van der Waals surface area contributed by atoms with Crippen molar-refractivity contribution in [3.8, 4) is 5.69 Å². The SMILES string of the molecule is COCCN(Cc1ccccn1)C(=O)c1cnn(-c2ccc(F)cc2)c1C. The number of carbonyl (C=O) groups is 1. The van der Waals surface area contributed by atoms with Crippen LogP contribution in [0.2, 0.25) is 0 Å². The number of hydrogen-bond donors (Lipinski definition) is 0. The Balaban J connectivity index is 1.86. The molecule has 0 unspecified atom stereocenters. The van der Waals surface area contributed by atoms with Gasteiger partial charge in [0.15, 0.2) is 0 Å². The average molecular weight is 368 g/mol. The lowest BCUT2D eigenvalue weighted by Gasteiger charge is -2.22. The molecule has 6 nitrogen and oxygen atoms in total. The van der Waals surface area contributed by atoms with Crippen molar-refractivity contribution in [2.24, 2.45) is 0 Å². The number of aromatic nitrogens is 3. The monoisotopic (exact) mass is 368 g/mol. The van der Waals surface area contributed by atoms with Gasteiger partial charge in [-0.05, 0) is 43.3 Å². The second-order valence-corrected chi connectivity index (χ2v) is 6.07. The van der Waals surface area contributed by atoms with E-state index in [0.717, 1.165) is 5.69 Å². The molecule has 0 aliphatic rings. The Morgan fingerprint density at radius 1 is 1.22 bits per heavy atom. The van der Waals surface area contributed by atoms with Crippen LogP contribution in [-0.2, 0) is 11.3 Å². The van der Waals surface area contributed by atoms with Crippen molar-refractivity contribution in [3.05, 3.63) is 77.6 Å². The zero-order valence-corrected chi connectivity index (χ0v) is 15.3. The molecular weight excluding hydrogens is 347 g/mol. The molecule has 3 aromatic rings. The maximum atomic E-state index is 13.2. The van der Waals surface area contributed by atoms with Crippen LogP contribution in [0.25, 0.3) is 5.69 Å². The summed E-state index contributed by atoms with van der Waals surface area (Å²) in [6.07, 6.45) is 3.24. The first kappa shape index (κ1) is 18.7. The fraction of sp³-hybridized carbons (Fsp3) is 0.250. The van der Waals surface area contributed by atoms with E-state index in [1.807, 2.05) is 25.1 Å².